The van der Waals surface area contributed by atoms with Crippen LogP contribution in [0.1, 0.15) is 29.8 Å². The molecule has 140 valence electrons. The van der Waals surface area contributed by atoms with Crippen molar-refractivity contribution in [3.05, 3.63) is 71.8 Å². The van der Waals surface area contributed by atoms with E-state index in [1.54, 1.807) is 0 Å². The number of carbonyl (C=O) groups is 1. The first-order valence-electron chi connectivity index (χ1n) is 9.30. The molecule has 0 fully saturated rings. The van der Waals surface area contributed by atoms with Gasteiger partial charge in [-0.1, -0.05) is 74.5 Å². The summed E-state index contributed by atoms with van der Waals surface area (Å²) in [7, 11) is 0. The van der Waals surface area contributed by atoms with Gasteiger partial charge in [0, 0.05) is 18.2 Å². The molecule has 0 aromatic heterocycles. The van der Waals surface area contributed by atoms with Crippen molar-refractivity contribution >= 4 is 5.78 Å². The number of benzene rings is 2. The summed E-state index contributed by atoms with van der Waals surface area (Å²) >= 11 is 0. The molecule has 0 unspecified atom stereocenters. The van der Waals surface area contributed by atoms with Crippen molar-refractivity contribution in [2.24, 2.45) is 5.92 Å². The van der Waals surface area contributed by atoms with Gasteiger partial charge in [0.05, 0.1) is 12.6 Å². The second kappa shape index (κ2) is 10.9. The standard InChI is InChI=1S/C22H30N2O2/c1-17(2)14-23-15-22(26)20(13-18-9-5-3-6-10-18)24-16-21(25)19-11-7-4-8-12-19/h3-12,17,20,22-24,26H,13-16H2,1-2H3/t20-,22+/m0/s1. The Bertz CT molecular complexity index is 644. The minimum Gasteiger partial charge on any atom is -0.390 e. The van der Waals surface area contributed by atoms with Gasteiger partial charge in [-0.15, -0.1) is 0 Å². The van der Waals surface area contributed by atoms with Crippen molar-refractivity contribution in [1.82, 2.24) is 10.6 Å². The SMILES string of the molecule is CC(C)CNC[C@@H](O)[C@H](Cc1ccccc1)NCC(=O)c1ccccc1. The van der Waals surface area contributed by atoms with Crippen LogP contribution in [0.3, 0.4) is 0 Å². The molecule has 0 aliphatic rings. The molecule has 2 rings (SSSR count). The average Bonchev–Trinajstić information content (AvgIpc) is 2.66. The molecule has 26 heavy (non-hydrogen) atoms. The van der Waals surface area contributed by atoms with E-state index in [9.17, 15) is 9.90 Å². The number of hydrogen-bond donors (Lipinski definition) is 3. The predicted molar refractivity (Wildman–Crippen MR) is 106 cm³/mol. The Morgan fingerprint density at radius 2 is 1.58 bits per heavy atom. The summed E-state index contributed by atoms with van der Waals surface area (Å²) in [6.07, 6.45) is 0.102. The van der Waals surface area contributed by atoms with Crippen molar-refractivity contribution in [3.63, 3.8) is 0 Å². The smallest absolute Gasteiger partial charge is 0.176 e. The maximum absolute atomic E-state index is 12.4. The Kier molecular flexibility index (Phi) is 8.48. The van der Waals surface area contributed by atoms with Crippen molar-refractivity contribution < 1.29 is 9.90 Å². The second-order valence-corrected chi connectivity index (χ2v) is 7.09. The van der Waals surface area contributed by atoms with Gasteiger partial charge in [-0.05, 0) is 24.4 Å². The van der Waals surface area contributed by atoms with E-state index in [1.165, 1.54) is 0 Å². The number of carbonyl (C=O) groups excluding carboxylic acids is 1. The maximum Gasteiger partial charge on any atom is 0.176 e. The number of nitrogens with one attached hydrogen (secondary N) is 2. The first kappa shape index (κ1) is 20.3. The van der Waals surface area contributed by atoms with E-state index in [1.807, 2.05) is 60.7 Å². The summed E-state index contributed by atoms with van der Waals surface area (Å²) in [5.41, 5.74) is 1.82. The third-order valence-electron chi connectivity index (χ3n) is 4.29. The highest BCUT2D eigenvalue weighted by atomic mass is 16.3. The molecule has 0 saturated heterocycles. The number of ketones is 1. The summed E-state index contributed by atoms with van der Waals surface area (Å²) < 4.78 is 0. The fourth-order valence-corrected chi connectivity index (χ4v) is 2.82. The molecule has 0 saturated carbocycles. The Morgan fingerprint density at radius 1 is 0.962 bits per heavy atom. The van der Waals surface area contributed by atoms with Crippen molar-refractivity contribution in [1.29, 1.82) is 0 Å². The lowest BCUT2D eigenvalue weighted by molar-refractivity contribution is 0.0949. The van der Waals surface area contributed by atoms with Crippen LogP contribution in [0.4, 0.5) is 0 Å². The molecule has 3 N–H and O–H groups in total. The van der Waals surface area contributed by atoms with E-state index in [2.05, 4.69) is 24.5 Å². The molecule has 0 aliphatic heterocycles. The normalized spacial score (nSPS) is 13.5. The van der Waals surface area contributed by atoms with Gasteiger partial charge in [-0.2, -0.15) is 0 Å². The molecule has 2 aromatic carbocycles. The zero-order valence-electron chi connectivity index (χ0n) is 15.7. The number of hydrogen-bond acceptors (Lipinski definition) is 4. The van der Waals surface area contributed by atoms with Crippen molar-refractivity contribution in [3.8, 4) is 0 Å². The van der Waals surface area contributed by atoms with Gasteiger partial charge in [0.1, 0.15) is 0 Å². The van der Waals surface area contributed by atoms with Crippen LogP contribution in [0.2, 0.25) is 0 Å². The molecule has 0 heterocycles. The number of aliphatic hydroxyl groups excluding tert-OH is 1. The maximum atomic E-state index is 12.4. The van der Waals surface area contributed by atoms with Crippen LogP contribution in [0.5, 0.6) is 0 Å². The Hall–Kier alpha value is -2.01. The van der Waals surface area contributed by atoms with Gasteiger partial charge in [0.2, 0.25) is 0 Å². The molecule has 0 amide bonds. The van der Waals surface area contributed by atoms with Crippen LogP contribution in [-0.2, 0) is 6.42 Å². The second-order valence-electron chi connectivity index (χ2n) is 7.09. The lowest BCUT2D eigenvalue weighted by atomic mass is 10.0. The summed E-state index contributed by atoms with van der Waals surface area (Å²) in [6.45, 7) is 5.85. The zero-order chi connectivity index (χ0) is 18.8. The molecular weight excluding hydrogens is 324 g/mol. The molecule has 0 bridgehead atoms. The molecule has 0 aliphatic carbocycles. The van der Waals surface area contributed by atoms with E-state index in [0.29, 0.717) is 24.4 Å². The van der Waals surface area contributed by atoms with Crippen LogP contribution in [0.15, 0.2) is 60.7 Å². The first-order valence-corrected chi connectivity index (χ1v) is 9.30. The van der Waals surface area contributed by atoms with Crippen LogP contribution in [0.25, 0.3) is 0 Å². The third-order valence-corrected chi connectivity index (χ3v) is 4.29. The Labute approximate surface area is 156 Å². The summed E-state index contributed by atoms with van der Waals surface area (Å²) in [6, 6.07) is 19.1. The van der Waals surface area contributed by atoms with Crippen LogP contribution >= 0.6 is 0 Å². The molecular formula is C22H30N2O2. The molecule has 0 spiro atoms. The number of rotatable bonds is 11. The van der Waals surface area contributed by atoms with Crippen LogP contribution < -0.4 is 10.6 Å². The van der Waals surface area contributed by atoms with E-state index in [-0.39, 0.29) is 18.4 Å². The monoisotopic (exact) mass is 354 g/mol. The highest BCUT2D eigenvalue weighted by molar-refractivity contribution is 5.97. The largest absolute Gasteiger partial charge is 0.390 e. The van der Waals surface area contributed by atoms with Gasteiger partial charge < -0.3 is 15.7 Å². The van der Waals surface area contributed by atoms with Crippen molar-refractivity contribution in [2.75, 3.05) is 19.6 Å². The predicted octanol–water partition coefficient (Wildman–Crippen LogP) is 2.68. The van der Waals surface area contributed by atoms with E-state index in [0.717, 1.165) is 12.1 Å². The summed E-state index contributed by atoms with van der Waals surface area (Å²) in [5, 5.41) is 17.2. The van der Waals surface area contributed by atoms with Crippen LogP contribution in [0, 0.1) is 5.92 Å². The summed E-state index contributed by atoms with van der Waals surface area (Å²) in [4.78, 5) is 12.4. The highest BCUT2D eigenvalue weighted by Crippen LogP contribution is 2.07. The van der Waals surface area contributed by atoms with E-state index >= 15 is 0 Å². The van der Waals surface area contributed by atoms with E-state index < -0.39 is 6.10 Å². The minimum absolute atomic E-state index is 0.0333. The number of aliphatic hydroxyl groups is 1. The van der Waals surface area contributed by atoms with Crippen molar-refractivity contribution in [2.45, 2.75) is 32.4 Å². The summed E-state index contributed by atoms with van der Waals surface area (Å²) in [5.74, 6) is 0.563. The Morgan fingerprint density at radius 3 is 2.19 bits per heavy atom. The molecule has 4 heteroatoms. The molecule has 4 nitrogen and oxygen atoms in total. The lowest BCUT2D eigenvalue weighted by Crippen LogP contribution is -2.48. The fourth-order valence-electron chi connectivity index (χ4n) is 2.82. The zero-order valence-corrected chi connectivity index (χ0v) is 15.7. The molecule has 2 atom stereocenters. The van der Waals surface area contributed by atoms with Gasteiger partial charge in [0.15, 0.2) is 5.78 Å². The molecule has 2 aromatic rings. The van der Waals surface area contributed by atoms with Crippen LogP contribution in [-0.4, -0.2) is 42.7 Å². The number of Topliss-reactive ketones (excluding diaryl/α,β-unsaturated/α-hetero) is 1. The average molecular weight is 354 g/mol. The third kappa shape index (κ3) is 7.08. The fraction of sp³-hybridized carbons (Fsp3) is 0.409. The molecule has 0 radical (unpaired) electrons. The lowest BCUT2D eigenvalue weighted by Gasteiger charge is -2.25. The minimum atomic E-state index is -0.572. The van der Waals surface area contributed by atoms with Gasteiger partial charge >= 0.3 is 0 Å². The van der Waals surface area contributed by atoms with Gasteiger partial charge in [-0.3, -0.25) is 4.79 Å². The van der Waals surface area contributed by atoms with Gasteiger partial charge in [-0.25, -0.2) is 0 Å². The highest BCUT2D eigenvalue weighted by Gasteiger charge is 2.20. The topological polar surface area (TPSA) is 61.4 Å². The van der Waals surface area contributed by atoms with E-state index in [4.69, 9.17) is 0 Å². The van der Waals surface area contributed by atoms with Gasteiger partial charge in [0.25, 0.3) is 0 Å². The first-order chi connectivity index (χ1) is 12.6. The Balaban J connectivity index is 1.96. The quantitative estimate of drug-likeness (QED) is 0.543.